The van der Waals surface area contributed by atoms with E-state index < -0.39 is 45.1 Å². The van der Waals surface area contributed by atoms with Crippen molar-refractivity contribution in [1.82, 2.24) is 10.3 Å². The fraction of sp³-hybridized carbons (Fsp3) is 0.520. The van der Waals surface area contributed by atoms with Crippen LogP contribution < -0.4 is 10.6 Å². The minimum atomic E-state index is -3.54. The lowest BCUT2D eigenvalue weighted by Crippen LogP contribution is -2.46. The summed E-state index contributed by atoms with van der Waals surface area (Å²) in [4.78, 5) is 42.7. The van der Waals surface area contributed by atoms with E-state index in [1.165, 1.54) is 23.5 Å². The molecule has 1 atom stereocenters. The van der Waals surface area contributed by atoms with Crippen LogP contribution in [0.15, 0.2) is 23.1 Å². The van der Waals surface area contributed by atoms with E-state index >= 15 is 0 Å². The van der Waals surface area contributed by atoms with Gasteiger partial charge in [-0.2, -0.15) is 0 Å². The molecule has 0 aliphatic rings. The first-order chi connectivity index (χ1) is 17.2. The highest BCUT2D eigenvalue weighted by atomic mass is 35.5. The summed E-state index contributed by atoms with van der Waals surface area (Å²) in [6.07, 6.45) is 0.120. The molecule has 1 aromatic carbocycles. The van der Waals surface area contributed by atoms with Gasteiger partial charge in [-0.1, -0.05) is 29.0 Å². The second-order valence-electron chi connectivity index (χ2n) is 10.7. The van der Waals surface area contributed by atoms with Gasteiger partial charge in [0.05, 0.1) is 20.5 Å². The van der Waals surface area contributed by atoms with Gasteiger partial charge in [0, 0.05) is 12.7 Å². The van der Waals surface area contributed by atoms with E-state index in [2.05, 4.69) is 15.6 Å². The predicted octanol–water partition coefficient (Wildman–Crippen LogP) is 5.13. The lowest BCUT2D eigenvalue weighted by molar-refractivity contribution is -0.157. The van der Waals surface area contributed by atoms with E-state index in [4.69, 9.17) is 21.1 Å². The van der Waals surface area contributed by atoms with Crippen molar-refractivity contribution in [3.05, 3.63) is 28.9 Å². The Hall–Kier alpha value is -2.70. The molecule has 0 spiro atoms. The number of nitrogens with one attached hydrogen (secondary N) is 2. The Kier molecular flexibility index (Phi) is 9.95. The van der Waals surface area contributed by atoms with Crippen LogP contribution in [0.4, 0.5) is 9.93 Å². The number of esters is 1. The third kappa shape index (κ3) is 9.88. The molecular weight excluding hydrogens is 554 g/mol. The van der Waals surface area contributed by atoms with Gasteiger partial charge in [0.25, 0.3) is 0 Å². The number of hydrogen-bond donors (Lipinski definition) is 2. The molecule has 13 heteroatoms. The number of halogens is 1. The molecule has 1 aromatic heterocycles. The number of aromatic nitrogens is 1. The average molecular weight is 588 g/mol. The second-order valence-corrected chi connectivity index (χ2v) is 14.1. The number of benzene rings is 1. The summed E-state index contributed by atoms with van der Waals surface area (Å²) in [6.45, 7) is 11.9. The Morgan fingerprint density at radius 1 is 1.08 bits per heavy atom. The Labute approximate surface area is 232 Å². The number of thiazole rings is 1. The number of carbonyl (C=O) groups is 3. The van der Waals surface area contributed by atoms with Gasteiger partial charge in [-0.15, -0.1) is 0 Å². The number of rotatable bonds is 8. The van der Waals surface area contributed by atoms with Crippen molar-refractivity contribution in [3.8, 4) is 10.4 Å². The number of alkyl carbamates (subject to hydrolysis) is 1. The molecular formula is C25H34ClN3O7S2. The van der Waals surface area contributed by atoms with Gasteiger partial charge in [-0.25, -0.2) is 23.0 Å². The molecule has 0 bridgehead atoms. The summed E-state index contributed by atoms with van der Waals surface area (Å²) in [5, 5.41) is 5.59. The minimum absolute atomic E-state index is 0.000671. The number of hydrogen-bond acceptors (Lipinski definition) is 9. The van der Waals surface area contributed by atoms with Crippen LogP contribution in [0.2, 0.25) is 5.02 Å². The summed E-state index contributed by atoms with van der Waals surface area (Å²) < 4.78 is 34.7. The third-order valence-corrected chi connectivity index (χ3v) is 7.38. The number of ether oxygens (including phenoxy) is 2. The van der Waals surface area contributed by atoms with Crippen LogP contribution in [0.5, 0.6) is 0 Å². The van der Waals surface area contributed by atoms with E-state index in [1.807, 2.05) is 0 Å². The molecule has 38 heavy (non-hydrogen) atoms. The van der Waals surface area contributed by atoms with Crippen molar-refractivity contribution in [2.24, 2.45) is 0 Å². The topological polar surface area (TPSA) is 141 Å². The van der Waals surface area contributed by atoms with E-state index in [0.29, 0.717) is 21.3 Å². The smallest absolute Gasteiger partial charge is 0.408 e. The van der Waals surface area contributed by atoms with Crippen molar-refractivity contribution >= 4 is 55.9 Å². The van der Waals surface area contributed by atoms with Crippen LogP contribution >= 0.6 is 22.9 Å². The highest BCUT2D eigenvalue weighted by molar-refractivity contribution is 7.90. The minimum Gasteiger partial charge on any atom is -0.458 e. The molecule has 0 saturated heterocycles. The molecule has 2 amide bonds. The first kappa shape index (κ1) is 31.5. The third-order valence-electron chi connectivity index (χ3n) is 4.68. The molecule has 10 nitrogen and oxygen atoms in total. The molecule has 0 aliphatic heterocycles. The van der Waals surface area contributed by atoms with E-state index in [1.54, 1.807) is 54.5 Å². The summed E-state index contributed by atoms with van der Waals surface area (Å²) in [7, 11) is -3.54. The summed E-state index contributed by atoms with van der Waals surface area (Å²) in [5.74, 6) is -1.12. The molecule has 0 radical (unpaired) electrons. The van der Waals surface area contributed by atoms with E-state index in [9.17, 15) is 22.8 Å². The molecule has 0 fully saturated rings. The monoisotopic (exact) mass is 587 g/mol. The van der Waals surface area contributed by atoms with Gasteiger partial charge < -0.3 is 20.1 Å². The first-order valence-electron chi connectivity index (χ1n) is 11.7. The van der Waals surface area contributed by atoms with Crippen LogP contribution in [0.25, 0.3) is 10.4 Å². The molecule has 2 N–H and O–H groups in total. The fourth-order valence-electron chi connectivity index (χ4n) is 3.18. The largest absolute Gasteiger partial charge is 0.458 e. The van der Waals surface area contributed by atoms with Gasteiger partial charge in [-0.05, 0) is 72.6 Å². The van der Waals surface area contributed by atoms with Crippen molar-refractivity contribution in [2.45, 2.75) is 83.4 Å². The lowest BCUT2D eigenvalue weighted by atomic mass is 10.1. The van der Waals surface area contributed by atoms with E-state index in [-0.39, 0.29) is 22.8 Å². The van der Waals surface area contributed by atoms with Crippen LogP contribution in [0.1, 0.15) is 60.1 Å². The maximum atomic E-state index is 12.7. The van der Waals surface area contributed by atoms with Gasteiger partial charge in [0.15, 0.2) is 15.0 Å². The Balaban J connectivity index is 2.14. The zero-order chi connectivity index (χ0) is 29.1. The quantitative estimate of drug-likeness (QED) is 0.405. The van der Waals surface area contributed by atoms with Crippen LogP contribution in [-0.4, -0.2) is 54.9 Å². The Morgan fingerprint density at radius 2 is 1.68 bits per heavy atom. The molecule has 1 heterocycles. The zero-order valence-electron chi connectivity index (χ0n) is 22.7. The van der Waals surface area contributed by atoms with Crippen LogP contribution in [-0.2, 0) is 28.9 Å². The standard InChI is InChI=1S/C25H34ClN3O7S2/c1-14-20(15-9-10-16(26)18(13-15)38(8,33)34)37-22(27-14)29-19(30)12-11-17(21(31)35-24(2,3)4)28-23(32)36-25(5,6)7/h9-10,13,17H,11-12H2,1-8H3,(H,28,32)(H,27,29,30)/t17-/m0/s1. The highest BCUT2D eigenvalue weighted by Crippen LogP contribution is 2.35. The highest BCUT2D eigenvalue weighted by Gasteiger charge is 2.29. The Bertz CT molecular complexity index is 1310. The molecule has 0 unspecified atom stereocenters. The van der Waals surface area contributed by atoms with Crippen LogP contribution in [0, 0.1) is 6.92 Å². The van der Waals surface area contributed by atoms with Gasteiger partial charge >= 0.3 is 12.1 Å². The number of amides is 2. The van der Waals surface area contributed by atoms with E-state index in [0.717, 1.165) is 6.26 Å². The lowest BCUT2D eigenvalue weighted by Gasteiger charge is -2.26. The van der Waals surface area contributed by atoms with Crippen LogP contribution in [0.3, 0.4) is 0 Å². The Morgan fingerprint density at radius 3 is 2.24 bits per heavy atom. The van der Waals surface area contributed by atoms with Gasteiger partial charge in [0.2, 0.25) is 5.91 Å². The molecule has 2 rings (SSSR count). The SMILES string of the molecule is Cc1nc(NC(=O)CC[C@H](NC(=O)OC(C)(C)C)C(=O)OC(C)(C)C)sc1-c1ccc(Cl)c(S(C)(=O)=O)c1. The number of aryl methyl sites for hydroxylation is 1. The fourth-order valence-corrected chi connectivity index (χ4v) is 5.46. The van der Waals surface area contributed by atoms with Gasteiger partial charge in [0.1, 0.15) is 17.2 Å². The number of anilines is 1. The molecule has 210 valence electrons. The van der Waals surface area contributed by atoms with Crippen molar-refractivity contribution in [1.29, 1.82) is 0 Å². The predicted molar refractivity (Wildman–Crippen MR) is 147 cm³/mol. The van der Waals surface area contributed by atoms with Gasteiger partial charge in [-0.3, -0.25) is 4.79 Å². The molecule has 0 saturated carbocycles. The maximum absolute atomic E-state index is 12.7. The summed E-state index contributed by atoms with van der Waals surface area (Å²) >= 11 is 7.22. The molecule has 2 aromatic rings. The summed E-state index contributed by atoms with van der Waals surface area (Å²) in [5.41, 5.74) is -0.380. The van der Waals surface area contributed by atoms with Crippen molar-refractivity contribution in [2.75, 3.05) is 11.6 Å². The first-order valence-corrected chi connectivity index (χ1v) is 14.8. The normalized spacial score (nSPS) is 13.0. The second kappa shape index (κ2) is 12.0. The molecule has 0 aliphatic carbocycles. The number of nitrogens with zero attached hydrogens (tertiary/aromatic N) is 1. The van der Waals surface area contributed by atoms with Crippen molar-refractivity contribution in [3.63, 3.8) is 0 Å². The summed E-state index contributed by atoms with van der Waals surface area (Å²) in [6, 6.07) is 3.54. The van der Waals surface area contributed by atoms with Crippen molar-refractivity contribution < 1.29 is 32.3 Å². The maximum Gasteiger partial charge on any atom is 0.408 e. The number of carbonyl (C=O) groups excluding carboxylic acids is 3. The number of sulfone groups is 1. The zero-order valence-corrected chi connectivity index (χ0v) is 25.1. The average Bonchev–Trinajstić information content (AvgIpc) is 3.07.